The molecule has 0 amide bonds. The van der Waals surface area contributed by atoms with Crippen LogP contribution in [0, 0.1) is 0 Å². The molecule has 21 heavy (non-hydrogen) atoms. The highest BCUT2D eigenvalue weighted by Gasteiger charge is 2.17. The van der Waals surface area contributed by atoms with Gasteiger partial charge in [0, 0.05) is 10.7 Å². The Kier molecular flexibility index (Phi) is 4.83. The number of rotatable bonds is 3. The quantitative estimate of drug-likeness (QED) is 0.622. The van der Waals surface area contributed by atoms with Gasteiger partial charge in [-0.1, -0.05) is 34.8 Å². The van der Waals surface area contributed by atoms with Crippen molar-refractivity contribution >= 4 is 57.8 Å². The van der Waals surface area contributed by atoms with E-state index in [1.807, 2.05) is 0 Å². The Morgan fingerprint density at radius 1 is 1.14 bits per heavy atom. The third-order valence-electron chi connectivity index (χ3n) is 2.71. The van der Waals surface area contributed by atoms with Crippen LogP contribution in [0.1, 0.15) is 10.4 Å². The Hall–Kier alpha value is -1.62. The summed E-state index contributed by atoms with van der Waals surface area (Å²) >= 11 is 18.2. The first-order valence-electron chi connectivity index (χ1n) is 5.81. The molecule has 2 rings (SSSR count). The number of nitrogens with one attached hydrogen (secondary N) is 1. The van der Waals surface area contributed by atoms with Crippen LogP contribution in [0.4, 0.5) is 17.1 Å². The van der Waals surface area contributed by atoms with E-state index in [1.165, 1.54) is 19.2 Å². The van der Waals surface area contributed by atoms with Gasteiger partial charge < -0.3 is 15.8 Å². The minimum Gasteiger partial charge on any atom is -0.465 e. The third-order valence-corrected chi connectivity index (χ3v) is 3.57. The standard InChI is InChI=1S/C14H11Cl3N2O2/c1-21-14(20)9-5-8(18)6-11(17)13(9)19-12-4-7(15)2-3-10(12)16/h2-6,19H,18H2,1H3. The Balaban J connectivity index is 2.53. The average Bonchev–Trinajstić information content (AvgIpc) is 2.44. The van der Waals surface area contributed by atoms with Crippen molar-refractivity contribution in [3.05, 3.63) is 51.0 Å². The summed E-state index contributed by atoms with van der Waals surface area (Å²) in [5.74, 6) is -0.565. The minimum atomic E-state index is -0.565. The molecule has 0 fully saturated rings. The molecule has 110 valence electrons. The Labute approximate surface area is 136 Å². The summed E-state index contributed by atoms with van der Waals surface area (Å²) < 4.78 is 4.73. The van der Waals surface area contributed by atoms with E-state index in [-0.39, 0.29) is 10.6 Å². The summed E-state index contributed by atoms with van der Waals surface area (Å²) in [4.78, 5) is 11.8. The van der Waals surface area contributed by atoms with E-state index in [1.54, 1.807) is 18.2 Å². The molecule has 2 aromatic rings. The Morgan fingerprint density at radius 3 is 2.52 bits per heavy atom. The monoisotopic (exact) mass is 344 g/mol. The van der Waals surface area contributed by atoms with Gasteiger partial charge in [0.05, 0.1) is 34.1 Å². The van der Waals surface area contributed by atoms with Crippen LogP contribution in [0.15, 0.2) is 30.3 Å². The van der Waals surface area contributed by atoms with E-state index >= 15 is 0 Å². The average molecular weight is 346 g/mol. The predicted octanol–water partition coefficient (Wildman–Crippen LogP) is 4.76. The number of anilines is 3. The number of methoxy groups -OCH3 is 1. The van der Waals surface area contributed by atoms with E-state index in [0.29, 0.717) is 27.1 Å². The van der Waals surface area contributed by atoms with Crippen LogP contribution in [0.2, 0.25) is 15.1 Å². The van der Waals surface area contributed by atoms with Crippen molar-refractivity contribution in [1.29, 1.82) is 0 Å². The second kappa shape index (κ2) is 6.43. The SMILES string of the molecule is COC(=O)c1cc(N)cc(Cl)c1Nc1cc(Cl)ccc1Cl. The summed E-state index contributed by atoms with van der Waals surface area (Å²) in [6.45, 7) is 0. The summed E-state index contributed by atoms with van der Waals surface area (Å²) in [6.07, 6.45) is 0. The van der Waals surface area contributed by atoms with Gasteiger partial charge in [-0.15, -0.1) is 0 Å². The van der Waals surface area contributed by atoms with Crippen molar-refractivity contribution < 1.29 is 9.53 Å². The molecule has 3 N–H and O–H groups in total. The maximum atomic E-state index is 11.8. The highest BCUT2D eigenvalue weighted by molar-refractivity contribution is 6.36. The van der Waals surface area contributed by atoms with Gasteiger partial charge in [0.2, 0.25) is 0 Å². The second-order valence-corrected chi connectivity index (χ2v) is 5.42. The lowest BCUT2D eigenvalue weighted by Gasteiger charge is -2.15. The number of hydrogen-bond donors (Lipinski definition) is 2. The van der Waals surface area contributed by atoms with Gasteiger partial charge in [-0.05, 0) is 30.3 Å². The molecule has 0 heterocycles. The molecule has 0 aromatic heterocycles. The van der Waals surface area contributed by atoms with Gasteiger partial charge in [0.15, 0.2) is 0 Å². The molecule has 2 aromatic carbocycles. The zero-order valence-electron chi connectivity index (χ0n) is 10.9. The van der Waals surface area contributed by atoms with E-state index < -0.39 is 5.97 Å². The fraction of sp³-hybridized carbons (Fsp3) is 0.0714. The highest BCUT2D eigenvalue weighted by atomic mass is 35.5. The molecule has 0 bridgehead atoms. The number of carbonyl (C=O) groups excluding carboxylic acids is 1. The fourth-order valence-corrected chi connectivity index (χ4v) is 2.37. The zero-order chi connectivity index (χ0) is 15.6. The number of halogens is 3. The smallest absolute Gasteiger partial charge is 0.340 e. The number of carbonyl (C=O) groups is 1. The van der Waals surface area contributed by atoms with E-state index in [4.69, 9.17) is 45.3 Å². The zero-order valence-corrected chi connectivity index (χ0v) is 13.2. The van der Waals surface area contributed by atoms with Gasteiger partial charge in [-0.2, -0.15) is 0 Å². The van der Waals surface area contributed by atoms with Crippen LogP contribution in [-0.4, -0.2) is 13.1 Å². The lowest BCUT2D eigenvalue weighted by atomic mass is 10.1. The number of hydrogen-bond acceptors (Lipinski definition) is 4. The molecule has 0 radical (unpaired) electrons. The molecule has 0 saturated carbocycles. The molecular weight excluding hydrogens is 335 g/mol. The van der Waals surface area contributed by atoms with Crippen LogP contribution in [-0.2, 0) is 4.74 Å². The van der Waals surface area contributed by atoms with Crippen LogP contribution >= 0.6 is 34.8 Å². The minimum absolute atomic E-state index is 0.207. The first-order chi connectivity index (χ1) is 9.92. The molecule has 0 aliphatic heterocycles. The summed E-state index contributed by atoms with van der Waals surface area (Å²) in [7, 11) is 1.27. The number of nitrogens with two attached hydrogens (primary N) is 1. The van der Waals surface area contributed by atoms with Crippen molar-refractivity contribution in [2.24, 2.45) is 0 Å². The van der Waals surface area contributed by atoms with Crippen LogP contribution in [0.3, 0.4) is 0 Å². The first-order valence-corrected chi connectivity index (χ1v) is 6.95. The molecule has 0 saturated heterocycles. The first kappa shape index (κ1) is 15.8. The van der Waals surface area contributed by atoms with Gasteiger partial charge in [-0.3, -0.25) is 0 Å². The number of benzene rings is 2. The maximum absolute atomic E-state index is 11.8. The van der Waals surface area contributed by atoms with E-state index in [2.05, 4.69) is 5.32 Å². The number of ether oxygens (including phenoxy) is 1. The largest absolute Gasteiger partial charge is 0.465 e. The molecule has 0 aliphatic carbocycles. The normalized spacial score (nSPS) is 10.3. The van der Waals surface area contributed by atoms with Gasteiger partial charge in [-0.25, -0.2) is 4.79 Å². The molecule has 0 spiro atoms. The van der Waals surface area contributed by atoms with Crippen molar-refractivity contribution in [2.75, 3.05) is 18.2 Å². The second-order valence-electron chi connectivity index (χ2n) is 4.17. The maximum Gasteiger partial charge on any atom is 0.340 e. The molecule has 0 aliphatic rings. The van der Waals surface area contributed by atoms with Crippen molar-refractivity contribution in [3.63, 3.8) is 0 Å². The van der Waals surface area contributed by atoms with Crippen LogP contribution in [0.5, 0.6) is 0 Å². The summed E-state index contributed by atoms with van der Waals surface area (Å²) in [5.41, 5.74) is 7.12. The topological polar surface area (TPSA) is 64.3 Å². The van der Waals surface area contributed by atoms with Crippen molar-refractivity contribution in [3.8, 4) is 0 Å². The summed E-state index contributed by atoms with van der Waals surface area (Å²) in [6, 6.07) is 7.90. The summed E-state index contributed by atoms with van der Waals surface area (Å²) in [5, 5.41) is 4.18. The van der Waals surface area contributed by atoms with Gasteiger partial charge >= 0.3 is 5.97 Å². The molecule has 0 unspecified atom stereocenters. The number of nitrogen functional groups attached to an aromatic ring is 1. The predicted molar refractivity (Wildman–Crippen MR) is 86.9 cm³/mol. The van der Waals surface area contributed by atoms with E-state index in [9.17, 15) is 4.79 Å². The van der Waals surface area contributed by atoms with Gasteiger partial charge in [0.1, 0.15) is 0 Å². The van der Waals surface area contributed by atoms with E-state index in [0.717, 1.165) is 0 Å². The number of esters is 1. The molecule has 4 nitrogen and oxygen atoms in total. The highest BCUT2D eigenvalue weighted by Crippen LogP contribution is 2.35. The Bertz CT molecular complexity index is 705. The van der Waals surface area contributed by atoms with Crippen molar-refractivity contribution in [1.82, 2.24) is 0 Å². The molecular formula is C14H11Cl3N2O2. The van der Waals surface area contributed by atoms with Crippen LogP contribution < -0.4 is 11.1 Å². The lowest BCUT2D eigenvalue weighted by Crippen LogP contribution is -2.07. The fourth-order valence-electron chi connectivity index (χ4n) is 1.75. The molecule has 0 atom stereocenters. The third kappa shape index (κ3) is 3.53. The van der Waals surface area contributed by atoms with Crippen LogP contribution in [0.25, 0.3) is 0 Å². The van der Waals surface area contributed by atoms with Gasteiger partial charge in [0.25, 0.3) is 0 Å². The molecule has 7 heteroatoms. The van der Waals surface area contributed by atoms with Crippen molar-refractivity contribution in [2.45, 2.75) is 0 Å². The lowest BCUT2D eigenvalue weighted by molar-refractivity contribution is 0.0602. The Morgan fingerprint density at radius 2 is 1.86 bits per heavy atom.